The third-order valence-corrected chi connectivity index (χ3v) is 2.70. The Morgan fingerprint density at radius 3 is 2.53 bits per heavy atom. The summed E-state index contributed by atoms with van der Waals surface area (Å²) in [5, 5.41) is 11.9. The Labute approximate surface area is 104 Å². The van der Waals surface area contributed by atoms with Crippen molar-refractivity contribution in [2.45, 2.75) is 19.4 Å². The van der Waals surface area contributed by atoms with E-state index in [4.69, 9.17) is 5.11 Å². The Bertz CT molecular complexity index is 277. The van der Waals surface area contributed by atoms with E-state index >= 15 is 0 Å². The van der Waals surface area contributed by atoms with Crippen LogP contribution in [0.4, 0.5) is 0 Å². The van der Waals surface area contributed by atoms with Gasteiger partial charge in [-0.05, 0) is 45.1 Å². The molecule has 3 heteroatoms. The van der Waals surface area contributed by atoms with Crippen LogP contribution in [0.5, 0.6) is 0 Å². The van der Waals surface area contributed by atoms with Crippen LogP contribution in [0.3, 0.4) is 0 Å². The van der Waals surface area contributed by atoms with Crippen LogP contribution in [0.2, 0.25) is 0 Å². The molecule has 0 aliphatic rings. The van der Waals surface area contributed by atoms with Crippen molar-refractivity contribution in [3.8, 4) is 0 Å². The molecule has 0 radical (unpaired) electrons. The number of aliphatic hydroxyl groups excluding tert-OH is 1. The Morgan fingerprint density at radius 2 is 1.82 bits per heavy atom. The average molecular weight is 236 g/mol. The van der Waals surface area contributed by atoms with Gasteiger partial charge in [-0.3, -0.25) is 0 Å². The molecule has 0 spiro atoms. The smallest absolute Gasteiger partial charge is 0.0443 e. The number of nitrogens with one attached hydrogen (secondary N) is 1. The van der Waals surface area contributed by atoms with E-state index in [1.165, 1.54) is 5.56 Å². The largest absolute Gasteiger partial charge is 0.396 e. The van der Waals surface area contributed by atoms with E-state index in [0.29, 0.717) is 0 Å². The summed E-state index contributed by atoms with van der Waals surface area (Å²) in [6.07, 6.45) is 1.99. The lowest BCUT2D eigenvalue weighted by molar-refractivity contribution is 0.284. The van der Waals surface area contributed by atoms with Gasteiger partial charge in [0.25, 0.3) is 0 Å². The van der Waals surface area contributed by atoms with E-state index in [0.717, 1.165) is 39.0 Å². The summed E-state index contributed by atoms with van der Waals surface area (Å²) in [4.78, 5) is 2.34. The molecule has 1 aromatic rings. The lowest BCUT2D eigenvalue weighted by Gasteiger charge is -2.16. The van der Waals surface area contributed by atoms with Crippen molar-refractivity contribution in [2.75, 3.05) is 33.3 Å². The Hall–Kier alpha value is -0.900. The summed E-state index contributed by atoms with van der Waals surface area (Å²) in [6, 6.07) is 10.5. The monoisotopic (exact) mass is 236 g/mol. The normalized spacial score (nSPS) is 11.0. The standard InChI is InChI=1S/C14H24N2O/c1-16(11-5-9-15-10-6-12-17)13-14-7-3-2-4-8-14/h2-4,7-8,15,17H,5-6,9-13H2,1H3. The zero-order valence-electron chi connectivity index (χ0n) is 10.7. The summed E-state index contributed by atoms with van der Waals surface area (Å²) in [7, 11) is 2.15. The molecular formula is C14H24N2O. The highest BCUT2D eigenvalue weighted by Gasteiger charge is 1.99. The van der Waals surface area contributed by atoms with Crippen molar-refractivity contribution in [3.63, 3.8) is 0 Å². The number of aliphatic hydroxyl groups is 1. The minimum atomic E-state index is 0.279. The molecule has 1 rings (SSSR count). The molecule has 17 heavy (non-hydrogen) atoms. The van der Waals surface area contributed by atoms with Crippen LogP contribution in [-0.2, 0) is 6.54 Å². The third-order valence-electron chi connectivity index (χ3n) is 2.70. The van der Waals surface area contributed by atoms with Crippen LogP contribution >= 0.6 is 0 Å². The molecule has 0 aromatic heterocycles. The summed E-state index contributed by atoms with van der Waals surface area (Å²) in [5.41, 5.74) is 1.36. The second-order valence-electron chi connectivity index (χ2n) is 4.40. The summed E-state index contributed by atoms with van der Waals surface area (Å²) >= 11 is 0. The first kappa shape index (κ1) is 14.2. The molecule has 96 valence electrons. The molecule has 0 aliphatic carbocycles. The summed E-state index contributed by atoms with van der Waals surface area (Å²) < 4.78 is 0. The van der Waals surface area contributed by atoms with Crippen LogP contribution in [0.15, 0.2) is 30.3 Å². The maximum atomic E-state index is 8.63. The molecular weight excluding hydrogens is 212 g/mol. The number of benzene rings is 1. The van der Waals surface area contributed by atoms with Gasteiger partial charge in [0, 0.05) is 13.2 Å². The van der Waals surface area contributed by atoms with Gasteiger partial charge in [0.1, 0.15) is 0 Å². The van der Waals surface area contributed by atoms with Gasteiger partial charge in [-0.25, -0.2) is 0 Å². The van der Waals surface area contributed by atoms with Gasteiger partial charge in [0.2, 0.25) is 0 Å². The summed E-state index contributed by atoms with van der Waals surface area (Å²) in [6.45, 7) is 4.33. The minimum Gasteiger partial charge on any atom is -0.396 e. The highest BCUT2D eigenvalue weighted by Crippen LogP contribution is 2.02. The van der Waals surface area contributed by atoms with Crippen LogP contribution in [0.25, 0.3) is 0 Å². The van der Waals surface area contributed by atoms with Crippen molar-refractivity contribution >= 4 is 0 Å². The highest BCUT2D eigenvalue weighted by atomic mass is 16.3. The molecule has 2 N–H and O–H groups in total. The lowest BCUT2D eigenvalue weighted by atomic mass is 10.2. The van der Waals surface area contributed by atoms with Gasteiger partial charge in [0.15, 0.2) is 0 Å². The molecule has 0 aliphatic heterocycles. The topological polar surface area (TPSA) is 35.5 Å². The highest BCUT2D eigenvalue weighted by molar-refractivity contribution is 5.14. The SMILES string of the molecule is CN(CCCNCCCO)Cc1ccccc1. The van der Waals surface area contributed by atoms with Crippen molar-refractivity contribution in [2.24, 2.45) is 0 Å². The predicted octanol–water partition coefficient (Wildman–Crippen LogP) is 1.48. The van der Waals surface area contributed by atoms with Gasteiger partial charge >= 0.3 is 0 Å². The van der Waals surface area contributed by atoms with E-state index in [-0.39, 0.29) is 6.61 Å². The molecule has 0 saturated carbocycles. The fourth-order valence-corrected chi connectivity index (χ4v) is 1.78. The molecule has 3 nitrogen and oxygen atoms in total. The Kier molecular flexibility index (Phi) is 7.63. The van der Waals surface area contributed by atoms with E-state index in [1.807, 2.05) is 0 Å². The molecule has 0 unspecified atom stereocenters. The quantitative estimate of drug-likeness (QED) is 0.638. The van der Waals surface area contributed by atoms with Crippen LogP contribution in [0.1, 0.15) is 18.4 Å². The number of nitrogens with zero attached hydrogens (tertiary/aromatic N) is 1. The van der Waals surface area contributed by atoms with Gasteiger partial charge in [0.05, 0.1) is 0 Å². The zero-order valence-corrected chi connectivity index (χ0v) is 10.7. The van der Waals surface area contributed by atoms with Gasteiger partial charge in [-0.2, -0.15) is 0 Å². The first-order valence-corrected chi connectivity index (χ1v) is 6.37. The fraction of sp³-hybridized carbons (Fsp3) is 0.571. The first-order valence-electron chi connectivity index (χ1n) is 6.37. The van der Waals surface area contributed by atoms with E-state index < -0.39 is 0 Å². The molecule has 0 saturated heterocycles. The fourth-order valence-electron chi connectivity index (χ4n) is 1.78. The van der Waals surface area contributed by atoms with Gasteiger partial charge < -0.3 is 15.3 Å². The number of hydrogen-bond donors (Lipinski definition) is 2. The van der Waals surface area contributed by atoms with Crippen molar-refractivity contribution < 1.29 is 5.11 Å². The Balaban J connectivity index is 2.03. The lowest BCUT2D eigenvalue weighted by Crippen LogP contribution is -2.24. The number of hydrogen-bond acceptors (Lipinski definition) is 3. The average Bonchev–Trinajstić information content (AvgIpc) is 2.35. The zero-order chi connectivity index (χ0) is 12.3. The second-order valence-corrected chi connectivity index (χ2v) is 4.40. The van der Waals surface area contributed by atoms with Crippen molar-refractivity contribution in [1.82, 2.24) is 10.2 Å². The molecule has 1 aromatic carbocycles. The van der Waals surface area contributed by atoms with Gasteiger partial charge in [-0.1, -0.05) is 30.3 Å². The Morgan fingerprint density at radius 1 is 1.12 bits per heavy atom. The second kappa shape index (κ2) is 9.16. The number of rotatable bonds is 9. The van der Waals surface area contributed by atoms with E-state index in [1.54, 1.807) is 0 Å². The molecule has 0 atom stereocenters. The predicted molar refractivity (Wildman–Crippen MR) is 72.0 cm³/mol. The van der Waals surface area contributed by atoms with Crippen LogP contribution in [0, 0.1) is 0 Å². The van der Waals surface area contributed by atoms with E-state index in [9.17, 15) is 0 Å². The van der Waals surface area contributed by atoms with Crippen LogP contribution < -0.4 is 5.32 Å². The molecule has 0 fully saturated rings. The maximum absolute atomic E-state index is 8.63. The molecule has 0 heterocycles. The van der Waals surface area contributed by atoms with Gasteiger partial charge in [-0.15, -0.1) is 0 Å². The maximum Gasteiger partial charge on any atom is 0.0443 e. The van der Waals surface area contributed by atoms with Crippen molar-refractivity contribution in [3.05, 3.63) is 35.9 Å². The molecule has 0 bridgehead atoms. The van der Waals surface area contributed by atoms with Crippen molar-refractivity contribution in [1.29, 1.82) is 0 Å². The van der Waals surface area contributed by atoms with E-state index in [2.05, 4.69) is 47.6 Å². The van der Waals surface area contributed by atoms with Crippen LogP contribution in [-0.4, -0.2) is 43.3 Å². The summed E-state index contributed by atoms with van der Waals surface area (Å²) in [5.74, 6) is 0. The third kappa shape index (κ3) is 7.10. The first-order chi connectivity index (χ1) is 8.33. The molecule has 0 amide bonds. The minimum absolute atomic E-state index is 0.279.